The van der Waals surface area contributed by atoms with Crippen molar-refractivity contribution in [2.24, 2.45) is 0 Å². The first-order chi connectivity index (χ1) is 11.6. The van der Waals surface area contributed by atoms with Crippen LogP contribution in [-0.4, -0.2) is 17.4 Å². The summed E-state index contributed by atoms with van der Waals surface area (Å²) in [6.45, 7) is 0.594. The van der Waals surface area contributed by atoms with Crippen LogP contribution in [0.2, 0.25) is 10.0 Å². The summed E-state index contributed by atoms with van der Waals surface area (Å²) >= 11 is 12.2. The van der Waals surface area contributed by atoms with Gasteiger partial charge in [-0.2, -0.15) is 0 Å². The molecule has 1 heterocycles. The normalized spacial score (nSPS) is 15.4. The molecular weight excluding hydrogens is 343 g/mol. The number of carbonyl (C=O) groups excluding carboxylic acids is 1. The molecule has 122 valence electrons. The Kier molecular flexibility index (Phi) is 3.78. The quantitative estimate of drug-likeness (QED) is 0.681. The molecule has 1 aliphatic rings. The van der Waals surface area contributed by atoms with E-state index in [4.69, 9.17) is 23.2 Å². The van der Waals surface area contributed by atoms with E-state index in [-0.39, 0.29) is 11.3 Å². The summed E-state index contributed by atoms with van der Waals surface area (Å²) in [5, 5.41) is 5.36. The van der Waals surface area contributed by atoms with Gasteiger partial charge in [0.25, 0.3) is 5.91 Å². The first-order valence-corrected chi connectivity index (χ1v) is 8.64. The van der Waals surface area contributed by atoms with Crippen LogP contribution in [0, 0.1) is 0 Å². The Balaban J connectivity index is 1.57. The van der Waals surface area contributed by atoms with Gasteiger partial charge in [-0.15, -0.1) is 0 Å². The lowest BCUT2D eigenvalue weighted by Gasteiger charge is -2.16. The molecule has 0 bridgehead atoms. The fraction of sp³-hybridized carbons (Fsp3) is 0.211. The van der Waals surface area contributed by atoms with Crippen LogP contribution in [0.1, 0.15) is 28.8 Å². The van der Waals surface area contributed by atoms with Crippen molar-refractivity contribution in [1.82, 2.24) is 10.3 Å². The van der Waals surface area contributed by atoms with E-state index in [1.54, 1.807) is 12.1 Å². The second kappa shape index (κ2) is 5.83. The number of benzene rings is 2. The fourth-order valence-corrected chi connectivity index (χ4v) is 3.61. The molecule has 24 heavy (non-hydrogen) atoms. The number of amides is 1. The highest BCUT2D eigenvalue weighted by Gasteiger charge is 2.45. The van der Waals surface area contributed by atoms with Crippen LogP contribution in [-0.2, 0) is 5.41 Å². The minimum Gasteiger partial charge on any atom is -0.361 e. The van der Waals surface area contributed by atoms with Crippen LogP contribution in [0.15, 0.2) is 48.7 Å². The summed E-state index contributed by atoms with van der Waals surface area (Å²) in [7, 11) is 0. The SMILES string of the molecule is O=C(NCC1(c2c[nH]c3ccc(Cl)cc23)CC1)c1ccccc1Cl. The highest BCUT2D eigenvalue weighted by molar-refractivity contribution is 6.33. The lowest BCUT2D eigenvalue weighted by Crippen LogP contribution is -2.32. The molecule has 1 fully saturated rings. The van der Waals surface area contributed by atoms with Crippen molar-refractivity contribution in [3.8, 4) is 0 Å². The Morgan fingerprint density at radius 1 is 1.17 bits per heavy atom. The average Bonchev–Trinajstić information content (AvgIpc) is 3.25. The van der Waals surface area contributed by atoms with Crippen molar-refractivity contribution >= 4 is 40.0 Å². The van der Waals surface area contributed by atoms with Crippen molar-refractivity contribution in [2.45, 2.75) is 18.3 Å². The molecule has 3 nitrogen and oxygen atoms in total. The van der Waals surface area contributed by atoms with E-state index in [0.717, 1.165) is 28.8 Å². The van der Waals surface area contributed by atoms with E-state index in [1.165, 1.54) is 5.56 Å². The molecule has 0 saturated heterocycles. The lowest BCUT2D eigenvalue weighted by atomic mass is 9.95. The van der Waals surface area contributed by atoms with Gasteiger partial charge in [0.05, 0.1) is 10.6 Å². The van der Waals surface area contributed by atoms with Crippen LogP contribution in [0.25, 0.3) is 10.9 Å². The molecule has 1 amide bonds. The minimum atomic E-state index is -0.134. The number of nitrogens with one attached hydrogen (secondary N) is 2. The highest BCUT2D eigenvalue weighted by atomic mass is 35.5. The Bertz CT molecular complexity index is 928. The van der Waals surface area contributed by atoms with Gasteiger partial charge in [0, 0.05) is 34.1 Å². The molecule has 0 spiro atoms. The minimum absolute atomic E-state index is 0.0140. The Labute approximate surface area is 150 Å². The van der Waals surface area contributed by atoms with Crippen molar-refractivity contribution in [3.05, 3.63) is 69.8 Å². The van der Waals surface area contributed by atoms with E-state index >= 15 is 0 Å². The van der Waals surface area contributed by atoms with Crippen molar-refractivity contribution < 1.29 is 4.79 Å². The molecule has 1 aromatic heterocycles. The number of H-pyrrole nitrogens is 1. The van der Waals surface area contributed by atoms with E-state index in [2.05, 4.69) is 10.3 Å². The smallest absolute Gasteiger partial charge is 0.252 e. The summed E-state index contributed by atoms with van der Waals surface area (Å²) < 4.78 is 0. The van der Waals surface area contributed by atoms with Gasteiger partial charge in [0.15, 0.2) is 0 Å². The van der Waals surface area contributed by atoms with E-state index in [0.29, 0.717) is 17.1 Å². The van der Waals surface area contributed by atoms with E-state index in [9.17, 15) is 4.79 Å². The molecule has 1 saturated carbocycles. The first-order valence-electron chi connectivity index (χ1n) is 7.89. The second-order valence-corrected chi connectivity index (χ2v) is 7.18. The number of aromatic amines is 1. The third-order valence-electron chi connectivity index (χ3n) is 4.77. The monoisotopic (exact) mass is 358 g/mol. The summed E-state index contributed by atoms with van der Waals surface area (Å²) in [5.74, 6) is -0.134. The number of halogens is 2. The number of hydrogen-bond acceptors (Lipinski definition) is 1. The maximum Gasteiger partial charge on any atom is 0.252 e. The summed E-state index contributed by atoms with van der Waals surface area (Å²) in [5.41, 5.74) is 2.79. The predicted octanol–water partition coefficient (Wildman–Crippen LogP) is 4.94. The topological polar surface area (TPSA) is 44.9 Å². The van der Waals surface area contributed by atoms with Gasteiger partial charge in [-0.1, -0.05) is 35.3 Å². The van der Waals surface area contributed by atoms with E-state index < -0.39 is 0 Å². The molecule has 1 aliphatic carbocycles. The maximum absolute atomic E-state index is 12.4. The molecule has 0 radical (unpaired) electrons. The van der Waals surface area contributed by atoms with Crippen LogP contribution in [0.4, 0.5) is 0 Å². The Morgan fingerprint density at radius 3 is 2.71 bits per heavy atom. The molecule has 3 aromatic rings. The highest BCUT2D eigenvalue weighted by Crippen LogP contribution is 2.50. The summed E-state index contributed by atoms with van der Waals surface area (Å²) in [6.07, 6.45) is 4.14. The molecule has 0 unspecified atom stereocenters. The van der Waals surface area contributed by atoms with Gasteiger partial charge in [-0.3, -0.25) is 4.79 Å². The van der Waals surface area contributed by atoms with Gasteiger partial charge < -0.3 is 10.3 Å². The standard InChI is InChI=1S/C19H16Cl2N2O/c20-12-5-6-17-14(9-12)15(10-22-17)19(7-8-19)11-23-18(24)13-3-1-2-4-16(13)21/h1-6,9-10,22H,7-8,11H2,(H,23,24). The molecular formula is C19H16Cl2N2O. The molecule has 2 N–H and O–H groups in total. The zero-order valence-corrected chi connectivity index (χ0v) is 14.4. The zero-order valence-electron chi connectivity index (χ0n) is 12.9. The Morgan fingerprint density at radius 2 is 1.96 bits per heavy atom. The second-order valence-electron chi connectivity index (χ2n) is 6.34. The van der Waals surface area contributed by atoms with Crippen LogP contribution < -0.4 is 5.32 Å². The predicted molar refractivity (Wildman–Crippen MR) is 98.0 cm³/mol. The van der Waals surface area contributed by atoms with Gasteiger partial charge in [-0.05, 0) is 48.7 Å². The number of fused-ring (bicyclic) bond motifs is 1. The third kappa shape index (κ3) is 2.68. The molecule has 4 rings (SSSR count). The molecule has 0 aliphatic heterocycles. The summed E-state index contributed by atoms with van der Waals surface area (Å²) in [6, 6.07) is 12.9. The van der Waals surface area contributed by atoms with Crippen molar-refractivity contribution in [2.75, 3.05) is 6.54 Å². The van der Waals surface area contributed by atoms with Gasteiger partial charge in [0.1, 0.15) is 0 Å². The first kappa shape index (κ1) is 15.6. The fourth-order valence-electron chi connectivity index (χ4n) is 3.21. The molecule has 0 atom stereocenters. The molecule has 2 aromatic carbocycles. The van der Waals surface area contributed by atoms with Crippen LogP contribution in [0.5, 0.6) is 0 Å². The number of aromatic nitrogens is 1. The number of rotatable bonds is 4. The Hall–Kier alpha value is -1.97. The summed E-state index contributed by atoms with van der Waals surface area (Å²) in [4.78, 5) is 15.7. The van der Waals surface area contributed by atoms with Gasteiger partial charge in [0.2, 0.25) is 0 Å². The lowest BCUT2D eigenvalue weighted by molar-refractivity contribution is 0.0950. The number of hydrogen-bond donors (Lipinski definition) is 2. The maximum atomic E-state index is 12.4. The van der Waals surface area contributed by atoms with Crippen molar-refractivity contribution in [1.29, 1.82) is 0 Å². The largest absolute Gasteiger partial charge is 0.361 e. The van der Waals surface area contributed by atoms with Crippen LogP contribution >= 0.6 is 23.2 Å². The third-order valence-corrected chi connectivity index (χ3v) is 5.34. The van der Waals surface area contributed by atoms with Crippen LogP contribution in [0.3, 0.4) is 0 Å². The van der Waals surface area contributed by atoms with Crippen molar-refractivity contribution in [3.63, 3.8) is 0 Å². The van der Waals surface area contributed by atoms with Gasteiger partial charge in [-0.25, -0.2) is 0 Å². The zero-order chi connectivity index (χ0) is 16.7. The van der Waals surface area contributed by atoms with Gasteiger partial charge >= 0.3 is 0 Å². The van der Waals surface area contributed by atoms with E-state index in [1.807, 2.05) is 36.5 Å². The number of carbonyl (C=O) groups is 1. The average molecular weight is 359 g/mol. The molecule has 5 heteroatoms.